The van der Waals surface area contributed by atoms with Crippen LogP contribution in [0.4, 0.5) is 5.69 Å². The average Bonchev–Trinajstić information content (AvgIpc) is 3.54. The van der Waals surface area contributed by atoms with E-state index in [1.807, 2.05) is 23.2 Å². The van der Waals surface area contributed by atoms with Gasteiger partial charge in [0.1, 0.15) is 10.4 Å². The minimum atomic E-state index is -0.335. The quantitative estimate of drug-likeness (QED) is 0.142. The van der Waals surface area contributed by atoms with Crippen LogP contribution in [0.1, 0.15) is 59.5 Å². The van der Waals surface area contributed by atoms with Crippen molar-refractivity contribution >= 4 is 47.0 Å². The largest absolute Gasteiger partial charge is 0.493 e. The van der Waals surface area contributed by atoms with E-state index in [4.69, 9.17) is 21.7 Å². The fourth-order valence-corrected chi connectivity index (χ4v) is 7.70. The summed E-state index contributed by atoms with van der Waals surface area (Å²) in [5.74, 6) is 1.28. The summed E-state index contributed by atoms with van der Waals surface area (Å²) in [6.45, 7) is 3.31. The molecule has 3 aliphatic heterocycles. The molecule has 1 amide bonds. The van der Waals surface area contributed by atoms with Crippen LogP contribution < -0.4 is 9.47 Å². The Bertz CT molecular complexity index is 1590. The highest BCUT2D eigenvalue weighted by Crippen LogP contribution is 2.38. The van der Waals surface area contributed by atoms with Gasteiger partial charge in [-0.25, -0.2) is 0 Å². The number of piperazine rings is 1. The average molecular weight is 668 g/mol. The number of nitrogens with zero attached hydrogens (tertiary/aromatic N) is 5. The molecule has 3 aliphatic rings. The van der Waals surface area contributed by atoms with Crippen LogP contribution in [0.2, 0.25) is 0 Å². The van der Waals surface area contributed by atoms with Crippen molar-refractivity contribution in [2.45, 2.75) is 56.1 Å². The maximum absolute atomic E-state index is 13.2. The highest BCUT2D eigenvalue weighted by molar-refractivity contribution is 8.10. The zero-order valence-electron chi connectivity index (χ0n) is 26.7. The molecular weight excluding hydrogens is 627 g/mol. The van der Waals surface area contributed by atoms with Crippen molar-refractivity contribution in [1.82, 2.24) is 14.7 Å². The van der Waals surface area contributed by atoms with Crippen LogP contribution in [-0.4, -0.2) is 89.2 Å². The van der Waals surface area contributed by atoms with Gasteiger partial charge in [0.15, 0.2) is 11.5 Å². The number of thiocarbonyl (C=S) groups is 1. The van der Waals surface area contributed by atoms with Gasteiger partial charge in [-0.2, -0.15) is 5.26 Å². The van der Waals surface area contributed by atoms with Crippen LogP contribution in [0.3, 0.4) is 0 Å². The molecule has 0 spiro atoms. The molecule has 2 fully saturated rings. The van der Waals surface area contributed by atoms with E-state index in [0.717, 1.165) is 38.8 Å². The number of amides is 1. The van der Waals surface area contributed by atoms with Gasteiger partial charge in [0.05, 0.1) is 43.1 Å². The monoisotopic (exact) mass is 667 g/mol. The van der Waals surface area contributed by atoms with Crippen LogP contribution in [0, 0.1) is 11.3 Å². The number of fused-ring (bicyclic) bond motifs is 2. The highest BCUT2D eigenvalue weighted by Gasteiger charge is 2.37. The van der Waals surface area contributed by atoms with E-state index in [1.54, 1.807) is 19.2 Å². The van der Waals surface area contributed by atoms with Gasteiger partial charge in [0.25, 0.3) is 5.91 Å². The Balaban J connectivity index is 1.12. The van der Waals surface area contributed by atoms with Gasteiger partial charge in [-0.1, -0.05) is 72.9 Å². The Morgan fingerprint density at radius 2 is 1.79 bits per heavy atom. The molecule has 3 aromatic carbocycles. The second-order valence-corrected chi connectivity index (χ2v) is 13.4. The number of thiol groups is 1. The predicted octanol–water partition coefficient (Wildman–Crippen LogP) is 6.49. The lowest BCUT2D eigenvalue weighted by Crippen LogP contribution is -2.59. The first-order valence-electron chi connectivity index (χ1n) is 16.4. The summed E-state index contributed by atoms with van der Waals surface area (Å²) in [7, 11) is 1.58. The predicted molar refractivity (Wildman–Crippen MR) is 192 cm³/mol. The first-order valence-corrected chi connectivity index (χ1v) is 17.3. The maximum Gasteiger partial charge on any atom is 0.256 e. The Hall–Kier alpha value is -3.91. The second-order valence-electron chi connectivity index (χ2n) is 12.3. The number of carbonyl (C=O) groups excluding carboxylic acids is 1. The van der Waals surface area contributed by atoms with Crippen molar-refractivity contribution in [2.75, 3.05) is 39.9 Å². The molecule has 0 bridgehead atoms. The smallest absolute Gasteiger partial charge is 0.256 e. The Morgan fingerprint density at radius 3 is 2.45 bits per heavy atom. The van der Waals surface area contributed by atoms with E-state index < -0.39 is 0 Å². The second kappa shape index (κ2) is 15.3. The van der Waals surface area contributed by atoms with Gasteiger partial charge < -0.3 is 19.3 Å². The first kappa shape index (κ1) is 33.0. The summed E-state index contributed by atoms with van der Waals surface area (Å²) in [4.78, 5) is 24.1. The van der Waals surface area contributed by atoms with Crippen molar-refractivity contribution in [3.63, 3.8) is 0 Å². The van der Waals surface area contributed by atoms with Gasteiger partial charge in [-0.05, 0) is 49.3 Å². The van der Waals surface area contributed by atoms with Crippen LogP contribution >= 0.6 is 24.8 Å². The highest BCUT2D eigenvalue weighted by atomic mass is 32.1. The number of rotatable bonds is 11. The van der Waals surface area contributed by atoms with Crippen molar-refractivity contribution in [3.8, 4) is 17.6 Å². The van der Waals surface area contributed by atoms with Gasteiger partial charge in [0, 0.05) is 44.4 Å². The molecule has 0 saturated carbocycles. The molecule has 6 rings (SSSR count). The van der Waals surface area contributed by atoms with E-state index in [-0.39, 0.29) is 30.0 Å². The number of nitriles is 1. The molecule has 0 N–H and O–H groups in total. The van der Waals surface area contributed by atoms with Crippen molar-refractivity contribution < 1.29 is 14.3 Å². The third-order valence-corrected chi connectivity index (χ3v) is 10.1. The molecule has 2 unspecified atom stereocenters. The SMILES string of the molecule is COc1cc2c(cc1OCCCN1CCN(C(=S)S)C(CCC(c3ccccc3)c3ccccc3)C1C#N)N=C[C@@H]1CCCN1C2=O. The van der Waals surface area contributed by atoms with E-state index >= 15 is 0 Å². The number of carbonyl (C=O) groups is 1. The fraction of sp³-hybridized carbons (Fsp3) is 0.405. The van der Waals surface area contributed by atoms with Crippen LogP contribution in [0.5, 0.6) is 11.5 Å². The summed E-state index contributed by atoms with van der Waals surface area (Å²) >= 11 is 10.1. The summed E-state index contributed by atoms with van der Waals surface area (Å²) in [5.41, 5.74) is 3.68. The lowest BCUT2D eigenvalue weighted by molar-refractivity contribution is 0.0774. The van der Waals surface area contributed by atoms with E-state index in [1.165, 1.54) is 11.1 Å². The van der Waals surface area contributed by atoms with Gasteiger partial charge in [0.2, 0.25) is 0 Å². The maximum atomic E-state index is 13.2. The molecule has 3 atom stereocenters. The number of ether oxygens (including phenoxy) is 2. The van der Waals surface area contributed by atoms with E-state index in [2.05, 4.69) is 82.0 Å². The molecule has 0 aromatic heterocycles. The number of benzene rings is 3. The van der Waals surface area contributed by atoms with Crippen LogP contribution in [0.25, 0.3) is 0 Å². The molecule has 244 valence electrons. The number of hydrogen-bond donors (Lipinski definition) is 1. The first-order chi connectivity index (χ1) is 23.0. The summed E-state index contributed by atoms with van der Waals surface area (Å²) in [6.07, 6.45) is 6.19. The topological polar surface area (TPSA) is 81.4 Å². The van der Waals surface area contributed by atoms with Crippen molar-refractivity contribution in [2.24, 2.45) is 4.99 Å². The summed E-state index contributed by atoms with van der Waals surface area (Å²) in [5, 5.41) is 10.5. The number of hydrogen-bond acceptors (Lipinski definition) is 7. The Kier molecular flexibility index (Phi) is 10.8. The molecule has 8 nitrogen and oxygen atoms in total. The minimum absolute atomic E-state index is 0.0133. The van der Waals surface area contributed by atoms with Crippen molar-refractivity contribution in [1.29, 1.82) is 5.26 Å². The summed E-state index contributed by atoms with van der Waals surface area (Å²) in [6, 6.07) is 26.9. The van der Waals surface area contributed by atoms with E-state index in [0.29, 0.717) is 53.2 Å². The molecule has 2 saturated heterocycles. The molecule has 3 heterocycles. The summed E-state index contributed by atoms with van der Waals surface area (Å²) < 4.78 is 12.4. The molecule has 10 heteroatoms. The van der Waals surface area contributed by atoms with Crippen LogP contribution in [-0.2, 0) is 0 Å². The molecular formula is C37H41N5O3S2. The Labute approximate surface area is 288 Å². The zero-order valence-corrected chi connectivity index (χ0v) is 28.4. The number of methoxy groups -OCH3 is 1. The molecule has 3 aromatic rings. The molecule has 47 heavy (non-hydrogen) atoms. The lowest BCUT2D eigenvalue weighted by Gasteiger charge is -2.45. The minimum Gasteiger partial charge on any atom is -0.493 e. The normalized spacial score (nSPS) is 20.8. The van der Waals surface area contributed by atoms with Crippen molar-refractivity contribution in [3.05, 3.63) is 89.5 Å². The van der Waals surface area contributed by atoms with Gasteiger partial charge in [-0.15, -0.1) is 12.6 Å². The molecule has 0 radical (unpaired) electrons. The lowest BCUT2D eigenvalue weighted by atomic mass is 9.84. The Morgan fingerprint density at radius 1 is 1.06 bits per heavy atom. The number of aliphatic imine (C=N–C) groups is 1. The third kappa shape index (κ3) is 7.33. The standard InChI is InChI=1S/C37H41N5O3S2/c1-44-34-22-30-31(39-25-28-14-8-18-41(28)36(30)43)23-35(34)45-21-9-17-40-19-20-42(37(46)47)32(33(40)24-38)16-15-29(26-10-4-2-5-11-26)27-12-6-3-7-13-27/h2-7,10-13,22-23,25,28-29,32-33H,8-9,14-21H2,1H3,(H,46,47)/t28-,32?,33?/m0/s1. The zero-order chi connectivity index (χ0) is 32.8. The van der Waals surface area contributed by atoms with Crippen LogP contribution in [0.15, 0.2) is 77.8 Å². The molecule has 0 aliphatic carbocycles. The third-order valence-electron chi connectivity index (χ3n) is 9.62. The fourth-order valence-electron chi connectivity index (χ4n) is 7.23. The van der Waals surface area contributed by atoms with E-state index in [9.17, 15) is 10.1 Å². The van der Waals surface area contributed by atoms with Gasteiger partial charge >= 0.3 is 0 Å². The van der Waals surface area contributed by atoms with Gasteiger partial charge in [-0.3, -0.25) is 14.7 Å².